The van der Waals surface area contributed by atoms with Crippen LogP contribution in [0, 0.1) is 6.92 Å². The fourth-order valence-electron chi connectivity index (χ4n) is 3.57. The molecule has 4 heteroatoms. The van der Waals surface area contributed by atoms with Gasteiger partial charge in [-0.15, -0.1) is 0 Å². The Balaban J connectivity index is 1.70. The molecule has 0 bridgehead atoms. The predicted molar refractivity (Wildman–Crippen MR) is 113 cm³/mol. The Labute approximate surface area is 170 Å². The summed E-state index contributed by atoms with van der Waals surface area (Å²) < 4.78 is 0. The molecule has 0 saturated carbocycles. The van der Waals surface area contributed by atoms with E-state index < -0.39 is 0 Å². The largest absolute Gasteiger partial charge is 0.298 e. The molecule has 0 amide bonds. The molecule has 4 rings (SSSR count). The third-order valence-electron chi connectivity index (χ3n) is 5.09. The second kappa shape index (κ2) is 8.57. The van der Waals surface area contributed by atoms with Gasteiger partial charge in [-0.25, -0.2) is 9.97 Å². The second-order valence-electron chi connectivity index (χ2n) is 7.04. The zero-order valence-electron chi connectivity index (χ0n) is 16.2. The summed E-state index contributed by atoms with van der Waals surface area (Å²) in [5.41, 5.74) is 6.10. The summed E-state index contributed by atoms with van der Waals surface area (Å²) in [5, 5.41) is 0. The summed E-state index contributed by atoms with van der Waals surface area (Å²) in [4.78, 5) is 25.6. The quantitative estimate of drug-likeness (QED) is 0.483. The molecule has 2 aromatic carbocycles. The first-order chi connectivity index (χ1) is 14.2. The van der Waals surface area contributed by atoms with Gasteiger partial charge < -0.3 is 0 Å². The number of benzene rings is 2. The third kappa shape index (κ3) is 4.27. The normalized spacial score (nSPS) is 11.8. The van der Waals surface area contributed by atoms with Crippen LogP contribution in [0.5, 0.6) is 0 Å². The maximum Gasteiger partial charge on any atom is 0.149 e. The van der Waals surface area contributed by atoms with Gasteiger partial charge in [-0.2, -0.15) is 0 Å². The van der Waals surface area contributed by atoms with E-state index in [4.69, 9.17) is 0 Å². The van der Waals surface area contributed by atoms with E-state index in [1.165, 1.54) is 6.33 Å². The van der Waals surface area contributed by atoms with Crippen LogP contribution in [0.25, 0.3) is 11.1 Å². The summed E-state index contributed by atoms with van der Waals surface area (Å²) >= 11 is 0. The van der Waals surface area contributed by atoms with Crippen molar-refractivity contribution in [3.8, 4) is 11.1 Å². The number of carbonyl (C=O) groups excluding carboxylic acids is 1. The molecule has 2 aromatic heterocycles. The number of aromatic nitrogens is 3. The molecular formula is C25H21N3O. The topological polar surface area (TPSA) is 55.7 Å². The zero-order valence-corrected chi connectivity index (χ0v) is 16.2. The molecule has 1 unspecified atom stereocenters. The number of Topliss-reactive ketones (excluding diaryl/α,β-unsaturated/α-hetero) is 1. The molecule has 0 aliphatic heterocycles. The first kappa shape index (κ1) is 18.7. The van der Waals surface area contributed by atoms with Crippen molar-refractivity contribution in [3.63, 3.8) is 0 Å². The summed E-state index contributed by atoms with van der Waals surface area (Å²) in [6.07, 6.45) is 8.91. The molecule has 142 valence electrons. The van der Waals surface area contributed by atoms with Crippen molar-refractivity contribution >= 4 is 5.78 Å². The SMILES string of the molecule is Cc1ccccc1C(C(=O)Cc1ccncc1)c1ccc(-c2cncnc2)cc1. The van der Waals surface area contributed by atoms with Crippen molar-refractivity contribution in [1.29, 1.82) is 0 Å². The van der Waals surface area contributed by atoms with Crippen molar-refractivity contribution in [2.45, 2.75) is 19.3 Å². The highest BCUT2D eigenvalue weighted by atomic mass is 16.1. The number of pyridine rings is 1. The minimum atomic E-state index is -0.314. The average Bonchev–Trinajstić information content (AvgIpc) is 2.77. The van der Waals surface area contributed by atoms with Crippen LogP contribution in [-0.2, 0) is 11.2 Å². The molecule has 1 atom stereocenters. The number of aryl methyl sites for hydroxylation is 1. The van der Waals surface area contributed by atoms with Gasteiger partial charge in [-0.3, -0.25) is 9.78 Å². The maximum atomic E-state index is 13.4. The van der Waals surface area contributed by atoms with Gasteiger partial charge in [-0.1, -0.05) is 48.5 Å². The Bertz CT molecular complexity index is 1090. The van der Waals surface area contributed by atoms with E-state index in [0.29, 0.717) is 6.42 Å². The fraction of sp³-hybridized carbons (Fsp3) is 0.120. The van der Waals surface area contributed by atoms with Gasteiger partial charge in [0.25, 0.3) is 0 Å². The van der Waals surface area contributed by atoms with Crippen LogP contribution >= 0.6 is 0 Å². The van der Waals surface area contributed by atoms with Crippen LogP contribution in [0.4, 0.5) is 0 Å². The Morgan fingerprint density at radius 1 is 0.828 bits per heavy atom. The summed E-state index contributed by atoms with van der Waals surface area (Å²) in [5.74, 6) is -0.147. The summed E-state index contributed by atoms with van der Waals surface area (Å²) in [6, 6.07) is 20.0. The number of rotatable bonds is 6. The van der Waals surface area contributed by atoms with Crippen LogP contribution < -0.4 is 0 Å². The third-order valence-corrected chi connectivity index (χ3v) is 5.09. The van der Waals surface area contributed by atoms with E-state index in [2.05, 4.69) is 27.9 Å². The lowest BCUT2D eigenvalue weighted by Crippen LogP contribution is -2.17. The summed E-state index contributed by atoms with van der Waals surface area (Å²) in [6.45, 7) is 2.05. The molecule has 4 nitrogen and oxygen atoms in total. The summed E-state index contributed by atoms with van der Waals surface area (Å²) in [7, 11) is 0. The monoisotopic (exact) mass is 379 g/mol. The standard InChI is InChI=1S/C25H21N3O/c1-18-4-2-3-5-23(18)25(24(29)14-19-10-12-26-13-11-19)21-8-6-20(7-9-21)22-15-27-17-28-16-22/h2-13,15-17,25H,14H2,1H3. The lowest BCUT2D eigenvalue weighted by molar-refractivity contribution is -0.119. The molecule has 0 N–H and O–H groups in total. The van der Waals surface area contributed by atoms with Crippen molar-refractivity contribution in [2.75, 3.05) is 0 Å². The molecular weight excluding hydrogens is 358 g/mol. The molecule has 0 aliphatic rings. The van der Waals surface area contributed by atoms with Crippen LogP contribution in [0.3, 0.4) is 0 Å². The van der Waals surface area contributed by atoms with Crippen LogP contribution in [-0.4, -0.2) is 20.7 Å². The molecule has 0 radical (unpaired) electrons. The van der Waals surface area contributed by atoms with Crippen molar-refractivity contribution in [2.24, 2.45) is 0 Å². The van der Waals surface area contributed by atoms with E-state index in [0.717, 1.165) is 33.4 Å². The Kier molecular flexibility index (Phi) is 5.52. The first-order valence-electron chi connectivity index (χ1n) is 9.55. The number of nitrogens with zero attached hydrogens (tertiary/aromatic N) is 3. The highest BCUT2D eigenvalue weighted by Crippen LogP contribution is 2.31. The number of carbonyl (C=O) groups is 1. The van der Waals surface area contributed by atoms with E-state index in [1.807, 2.05) is 54.6 Å². The highest BCUT2D eigenvalue weighted by molar-refractivity contribution is 5.91. The van der Waals surface area contributed by atoms with E-state index in [9.17, 15) is 4.79 Å². The smallest absolute Gasteiger partial charge is 0.149 e. The molecule has 0 aliphatic carbocycles. The van der Waals surface area contributed by atoms with Crippen molar-refractivity contribution in [1.82, 2.24) is 15.0 Å². The minimum absolute atomic E-state index is 0.168. The molecule has 2 heterocycles. The van der Waals surface area contributed by atoms with E-state index >= 15 is 0 Å². The number of ketones is 1. The second-order valence-corrected chi connectivity index (χ2v) is 7.04. The molecule has 0 fully saturated rings. The van der Waals surface area contributed by atoms with Gasteiger partial charge in [0, 0.05) is 36.8 Å². The highest BCUT2D eigenvalue weighted by Gasteiger charge is 2.24. The Hall–Kier alpha value is -3.66. The lowest BCUT2D eigenvalue weighted by atomic mass is 9.83. The first-order valence-corrected chi connectivity index (χ1v) is 9.55. The van der Waals surface area contributed by atoms with Crippen molar-refractivity contribution in [3.05, 3.63) is 114 Å². The van der Waals surface area contributed by atoms with E-state index in [-0.39, 0.29) is 11.7 Å². The lowest BCUT2D eigenvalue weighted by Gasteiger charge is -2.19. The van der Waals surface area contributed by atoms with Gasteiger partial charge in [0.15, 0.2) is 0 Å². The molecule has 29 heavy (non-hydrogen) atoms. The predicted octanol–water partition coefficient (Wildman–Crippen LogP) is 4.79. The minimum Gasteiger partial charge on any atom is -0.298 e. The Morgan fingerprint density at radius 2 is 1.52 bits per heavy atom. The Morgan fingerprint density at radius 3 is 2.21 bits per heavy atom. The van der Waals surface area contributed by atoms with Crippen molar-refractivity contribution < 1.29 is 4.79 Å². The van der Waals surface area contributed by atoms with Gasteiger partial charge in [0.05, 0.1) is 5.92 Å². The maximum absolute atomic E-state index is 13.4. The van der Waals surface area contributed by atoms with Crippen LogP contribution in [0.15, 0.2) is 91.8 Å². The van der Waals surface area contributed by atoms with Crippen LogP contribution in [0.1, 0.15) is 28.2 Å². The number of hydrogen-bond acceptors (Lipinski definition) is 4. The number of hydrogen-bond donors (Lipinski definition) is 0. The van der Waals surface area contributed by atoms with Crippen LogP contribution in [0.2, 0.25) is 0 Å². The van der Waals surface area contributed by atoms with Gasteiger partial charge in [0.1, 0.15) is 12.1 Å². The molecule has 0 spiro atoms. The average molecular weight is 379 g/mol. The van der Waals surface area contributed by atoms with E-state index in [1.54, 1.807) is 24.8 Å². The molecule has 0 saturated heterocycles. The van der Waals surface area contributed by atoms with Gasteiger partial charge in [-0.05, 0) is 46.9 Å². The van der Waals surface area contributed by atoms with Gasteiger partial charge in [0.2, 0.25) is 0 Å². The zero-order chi connectivity index (χ0) is 20.1. The molecule has 4 aromatic rings. The van der Waals surface area contributed by atoms with Gasteiger partial charge >= 0.3 is 0 Å². The fourth-order valence-corrected chi connectivity index (χ4v) is 3.57.